The van der Waals surface area contributed by atoms with Crippen molar-refractivity contribution in [1.82, 2.24) is 9.97 Å². The van der Waals surface area contributed by atoms with Crippen LogP contribution >= 0.6 is 11.8 Å². The van der Waals surface area contributed by atoms with Gasteiger partial charge in [0.05, 0.1) is 16.7 Å². The number of hydrogen-bond donors (Lipinski definition) is 2. The lowest BCUT2D eigenvalue weighted by Gasteiger charge is -2.00. The Hall–Kier alpha value is -1.82. The number of nitrogens with two attached hydrogens (primary N) is 1. The smallest absolute Gasteiger partial charge is 0.259 e. The Bertz CT molecular complexity index is 594. The number of nitrogens with zero attached hydrogens (tertiary/aromatic N) is 1. The van der Waals surface area contributed by atoms with Gasteiger partial charge in [-0.15, -0.1) is 0 Å². The third-order valence-corrected chi connectivity index (χ3v) is 2.84. The molecule has 0 radical (unpaired) electrons. The first-order valence-corrected chi connectivity index (χ1v) is 5.55. The number of amides is 1. The summed E-state index contributed by atoms with van der Waals surface area (Å²) in [6, 6.07) is 7.02. The standard InChI is InChI=1S/C10H9N3O2S/c11-8(14)5-16-10-12-7-4-2-1-3-6(7)9(15)13-10/h1-4H,5H2,(H2,11,14)(H,12,13,15). The molecule has 0 fully saturated rings. The molecular formula is C10H9N3O2S. The Labute approximate surface area is 95.1 Å². The van der Waals surface area contributed by atoms with Crippen LogP contribution < -0.4 is 11.3 Å². The zero-order chi connectivity index (χ0) is 11.5. The lowest BCUT2D eigenvalue weighted by Crippen LogP contribution is -2.15. The summed E-state index contributed by atoms with van der Waals surface area (Å²) >= 11 is 1.12. The molecule has 2 rings (SSSR count). The molecule has 0 unspecified atom stereocenters. The summed E-state index contributed by atoms with van der Waals surface area (Å²) in [6.07, 6.45) is 0. The van der Waals surface area contributed by atoms with Crippen LogP contribution in [0.15, 0.2) is 34.2 Å². The van der Waals surface area contributed by atoms with Gasteiger partial charge in [0, 0.05) is 0 Å². The molecule has 3 N–H and O–H groups in total. The molecule has 1 aromatic carbocycles. The first-order valence-electron chi connectivity index (χ1n) is 4.57. The molecule has 0 saturated heterocycles. The van der Waals surface area contributed by atoms with E-state index in [0.29, 0.717) is 16.1 Å². The van der Waals surface area contributed by atoms with Crippen LogP contribution in [0.1, 0.15) is 0 Å². The van der Waals surface area contributed by atoms with Gasteiger partial charge in [-0.3, -0.25) is 9.59 Å². The molecular weight excluding hydrogens is 226 g/mol. The van der Waals surface area contributed by atoms with E-state index in [1.807, 2.05) is 0 Å². The first-order chi connectivity index (χ1) is 7.66. The van der Waals surface area contributed by atoms with Crippen LogP contribution in [0, 0.1) is 0 Å². The third kappa shape index (κ3) is 2.22. The van der Waals surface area contributed by atoms with E-state index in [1.54, 1.807) is 24.3 Å². The van der Waals surface area contributed by atoms with Crippen LogP contribution in [0.5, 0.6) is 0 Å². The second kappa shape index (κ2) is 4.36. The fourth-order valence-electron chi connectivity index (χ4n) is 1.27. The Morgan fingerprint density at radius 2 is 2.19 bits per heavy atom. The van der Waals surface area contributed by atoms with E-state index in [2.05, 4.69) is 9.97 Å². The van der Waals surface area contributed by atoms with Crippen molar-refractivity contribution in [3.63, 3.8) is 0 Å². The Balaban J connectivity index is 2.42. The van der Waals surface area contributed by atoms with Crippen molar-refractivity contribution in [2.24, 2.45) is 5.73 Å². The monoisotopic (exact) mass is 235 g/mol. The number of thioether (sulfide) groups is 1. The number of fused-ring (bicyclic) bond motifs is 1. The van der Waals surface area contributed by atoms with Gasteiger partial charge in [-0.25, -0.2) is 4.98 Å². The third-order valence-electron chi connectivity index (χ3n) is 1.94. The van der Waals surface area contributed by atoms with Crippen molar-refractivity contribution in [1.29, 1.82) is 0 Å². The Morgan fingerprint density at radius 3 is 2.94 bits per heavy atom. The number of H-pyrrole nitrogens is 1. The number of benzene rings is 1. The number of aromatic amines is 1. The average molecular weight is 235 g/mol. The molecule has 0 bridgehead atoms. The number of primary amides is 1. The van der Waals surface area contributed by atoms with Gasteiger partial charge in [0.1, 0.15) is 0 Å². The summed E-state index contributed by atoms with van der Waals surface area (Å²) in [5.41, 5.74) is 5.41. The number of hydrogen-bond acceptors (Lipinski definition) is 4. The van der Waals surface area contributed by atoms with Crippen LogP contribution in [-0.2, 0) is 4.79 Å². The van der Waals surface area contributed by atoms with Crippen molar-refractivity contribution in [3.8, 4) is 0 Å². The quantitative estimate of drug-likeness (QED) is 0.599. The minimum Gasteiger partial charge on any atom is -0.369 e. The van der Waals surface area contributed by atoms with Gasteiger partial charge in [0.2, 0.25) is 5.91 Å². The van der Waals surface area contributed by atoms with E-state index >= 15 is 0 Å². The minimum absolute atomic E-state index is 0.0985. The molecule has 0 atom stereocenters. The Kier molecular flexibility index (Phi) is 2.91. The lowest BCUT2D eigenvalue weighted by atomic mass is 10.2. The van der Waals surface area contributed by atoms with Gasteiger partial charge in [0.25, 0.3) is 5.56 Å². The number of carbonyl (C=O) groups is 1. The summed E-state index contributed by atoms with van der Waals surface area (Å²) < 4.78 is 0. The highest BCUT2D eigenvalue weighted by Gasteiger charge is 2.04. The molecule has 16 heavy (non-hydrogen) atoms. The Morgan fingerprint density at radius 1 is 1.44 bits per heavy atom. The molecule has 0 spiro atoms. The van der Waals surface area contributed by atoms with Crippen molar-refractivity contribution in [3.05, 3.63) is 34.6 Å². The van der Waals surface area contributed by atoms with Crippen LogP contribution in [0.3, 0.4) is 0 Å². The predicted octanol–water partition coefficient (Wildman–Crippen LogP) is 0.501. The fraction of sp³-hybridized carbons (Fsp3) is 0.100. The van der Waals surface area contributed by atoms with Crippen LogP contribution in [-0.4, -0.2) is 21.6 Å². The second-order valence-corrected chi connectivity index (χ2v) is 4.11. The zero-order valence-electron chi connectivity index (χ0n) is 8.27. The van der Waals surface area contributed by atoms with Crippen LogP contribution in [0.25, 0.3) is 10.9 Å². The number of para-hydroxylation sites is 1. The maximum Gasteiger partial charge on any atom is 0.259 e. The van der Waals surface area contributed by atoms with E-state index < -0.39 is 5.91 Å². The molecule has 0 aliphatic rings. The van der Waals surface area contributed by atoms with Crippen LogP contribution in [0.2, 0.25) is 0 Å². The van der Waals surface area contributed by atoms with Gasteiger partial charge in [-0.1, -0.05) is 23.9 Å². The highest BCUT2D eigenvalue weighted by molar-refractivity contribution is 7.99. The summed E-state index contributed by atoms with van der Waals surface area (Å²) in [5.74, 6) is -0.345. The fourth-order valence-corrected chi connectivity index (χ4v) is 1.88. The van der Waals surface area contributed by atoms with Crippen molar-refractivity contribution < 1.29 is 4.79 Å². The normalized spacial score (nSPS) is 10.5. The minimum atomic E-state index is -0.444. The van der Waals surface area contributed by atoms with Gasteiger partial charge in [0.15, 0.2) is 5.16 Å². The molecule has 5 nitrogen and oxygen atoms in total. The maximum atomic E-state index is 11.6. The van der Waals surface area contributed by atoms with Gasteiger partial charge in [-0.05, 0) is 12.1 Å². The van der Waals surface area contributed by atoms with Crippen molar-refractivity contribution in [2.45, 2.75) is 5.16 Å². The highest BCUT2D eigenvalue weighted by Crippen LogP contribution is 2.13. The largest absolute Gasteiger partial charge is 0.369 e. The van der Waals surface area contributed by atoms with E-state index in [9.17, 15) is 9.59 Å². The van der Waals surface area contributed by atoms with E-state index in [0.717, 1.165) is 11.8 Å². The molecule has 2 aromatic rings. The molecule has 1 aromatic heterocycles. The second-order valence-electron chi connectivity index (χ2n) is 3.14. The molecule has 0 aliphatic heterocycles. The van der Waals surface area contributed by atoms with E-state index in [4.69, 9.17) is 5.73 Å². The highest BCUT2D eigenvalue weighted by atomic mass is 32.2. The van der Waals surface area contributed by atoms with Crippen molar-refractivity contribution in [2.75, 3.05) is 5.75 Å². The van der Waals surface area contributed by atoms with E-state index in [-0.39, 0.29) is 11.3 Å². The number of nitrogens with one attached hydrogen (secondary N) is 1. The number of rotatable bonds is 3. The van der Waals surface area contributed by atoms with E-state index in [1.165, 1.54) is 0 Å². The maximum absolute atomic E-state index is 11.6. The molecule has 1 amide bonds. The van der Waals surface area contributed by atoms with Gasteiger partial charge >= 0.3 is 0 Å². The molecule has 0 aliphatic carbocycles. The summed E-state index contributed by atoms with van der Waals surface area (Å²) in [6.45, 7) is 0. The van der Waals surface area contributed by atoms with Crippen LogP contribution in [0.4, 0.5) is 0 Å². The van der Waals surface area contributed by atoms with Gasteiger partial charge in [-0.2, -0.15) is 0 Å². The first kappa shape index (κ1) is 10.7. The molecule has 82 valence electrons. The molecule has 6 heteroatoms. The zero-order valence-corrected chi connectivity index (χ0v) is 9.08. The lowest BCUT2D eigenvalue weighted by molar-refractivity contribution is -0.115. The summed E-state index contributed by atoms with van der Waals surface area (Å²) in [5, 5.41) is 0.938. The topological polar surface area (TPSA) is 88.8 Å². The summed E-state index contributed by atoms with van der Waals surface area (Å²) in [4.78, 5) is 29.0. The summed E-state index contributed by atoms with van der Waals surface area (Å²) in [7, 11) is 0. The molecule has 0 saturated carbocycles. The van der Waals surface area contributed by atoms with Crippen molar-refractivity contribution >= 4 is 28.6 Å². The SMILES string of the molecule is NC(=O)CSc1nc2ccccc2c(=O)[nH]1. The number of carbonyl (C=O) groups excluding carboxylic acids is 1. The molecule has 1 heterocycles. The number of aromatic nitrogens is 2. The van der Waals surface area contributed by atoms with Gasteiger partial charge < -0.3 is 10.7 Å². The predicted molar refractivity (Wildman–Crippen MR) is 62.3 cm³/mol. The average Bonchev–Trinajstić information content (AvgIpc) is 2.26.